The molecule has 0 spiro atoms. The lowest BCUT2D eigenvalue weighted by Crippen LogP contribution is -2.51. The van der Waals surface area contributed by atoms with E-state index in [-0.39, 0.29) is 11.9 Å². The molecule has 3 heteroatoms. The maximum absolute atomic E-state index is 12.2. The standard InChI is InChI=1S/C15H28N2O/c1-11-8-9-16-14(10-11)15(18)17-12(2)13-6-4-3-5-7-13/h11-14,16H,3-10H2,1-2H3,(H,17,18). The van der Waals surface area contributed by atoms with Crippen molar-refractivity contribution in [3.63, 3.8) is 0 Å². The number of rotatable bonds is 3. The Morgan fingerprint density at radius 1 is 1.22 bits per heavy atom. The zero-order valence-electron chi connectivity index (χ0n) is 11.9. The lowest BCUT2D eigenvalue weighted by atomic mass is 9.84. The Labute approximate surface area is 111 Å². The summed E-state index contributed by atoms with van der Waals surface area (Å²) in [6.45, 7) is 5.41. The van der Waals surface area contributed by atoms with Crippen LogP contribution in [0.5, 0.6) is 0 Å². The van der Waals surface area contributed by atoms with Crippen LogP contribution in [0.4, 0.5) is 0 Å². The van der Waals surface area contributed by atoms with E-state index < -0.39 is 0 Å². The van der Waals surface area contributed by atoms with Crippen LogP contribution in [0.1, 0.15) is 58.8 Å². The lowest BCUT2D eigenvalue weighted by molar-refractivity contribution is -0.125. The quantitative estimate of drug-likeness (QED) is 0.810. The maximum Gasteiger partial charge on any atom is 0.237 e. The Bertz CT molecular complexity index is 274. The molecule has 2 fully saturated rings. The van der Waals surface area contributed by atoms with E-state index in [2.05, 4.69) is 24.5 Å². The summed E-state index contributed by atoms with van der Waals surface area (Å²) in [5, 5.41) is 6.58. The molecule has 0 aromatic heterocycles. The summed E-state index contributed by atoms with van der Waals surface area (Å²) in [5.41, 5.74) is 0. The van der Waals surface area contributed by atoms with Crippen LogP contribution in [-0.2, 0) is 4.79 Å². The number of hydrogen-bond donors (Lipinski definition) is 2. The minimum Gasteiger partial charge on any atom is -0.352 e. The smallest absolute Gasteiger partial charge is 0.237 e. The van der Waals surface area contributed by atoms with Gasteiger partial charge >= 0.3 is 0 Å². The van der Waals surface area contributed by atoms with Crippen LogP contribution in [0.3, 0.4) is 0 Å². The molecule has 3 nitrogen and oxygen atoms in total. The van der Waals surface area contributed by atoms with E-state index >= 15 is 0 Å². The van der Waals surface area contributed by atoms with Crippen LogP contribution in [0.25, 0.3) is 0 Å². The van der Waals surface area contributed by atoms with Crippen LogP contribution in [0.2, 0.25) is 0 Å². The molecule has 2 aliphatic rings. The molecule has 0 aromatic carbocycles. The molecule has 0 radical (unpaired) electrons. The second kappa shape index (κ2) is 6.55. The van der Waals surface area contributed by atoms with Gasteiger partial charge in [0.1, 0.15) is 0 Å². The van der Waals surface area contributed by atoms with Crippen LogP contribution in [0.15, 0.2) is 0 Å². The van der Waals surface area contributed by atoms with E-state index in [9.17, 15) is 4.79 Å². The Morgan fingerprint density at radius 3 is 2.61 bits per heavy atom. The van der Waals surface area contributed by atoms with Crippen molar-refractivity contribution in [2.24, 2.45) is 11.8 Å². The fourth-order valence-electron chi connectivity index (χ4n) is 3.38. The molecule has 1 amide bonds. The fourth-order valence-corrected chi connectivity index (χ4v) is 3.38. The van der Waals surface area contributed by atoms with Crippen molar-refractivity contribution in [3.8, 4) is 0 Å². The molecule has 1 saturated heterocycles. The van der Waals surface area contributed by atoms with E-state index in [1.165, 1.54) is 38.5 Å². The first-order valence-corrected chi connectivity index (χ1v) is 7.70. The van der Waals surface area contributed by atoms with E-state index in [4.69, 9.17) is 0 Å². The average Bonchev–Trinajstić information content (AvgIpc) is 2.39. The number of amides is 1. The predicted molar refractivity (Wildman–Crippen MR) is 74.4 cm³/mol. The van der Waals surface area contributed by atoms with Gasteiger partial charge in [0.2, 0.25) is 5.91 Å². The summed E-state index contributed by atoms with van der Waals surface area (Å²) in [6.07, 6.45) is 8.81. The monoisotopic (exact) mass is 252 g/mol. The highest BCUT2D eigenvalue weighted by atomic mass is 16.2. The second-order valence-corrected chi connectivity index (χ2v) is 6.33. The van der Waals surface area contributed by atoms with Crippen molar-refractivity contribution in [2.75, 3.05) is 6.54 Å². The Morgan fingerprint density at radius 2 is 1.94 bits per heavy atom. The number of carbonyl (C=O) groups is 1. The van der Waals surface area contributed by atoms with Crippen molar-refractivity contribution in [3.05, 3.63) is 0 Å². The second-order valence-electron chi connectivity index (χ2n) is 6.33. The van der Waals surface area contributed by atoms with Crippen molar-refractivity contribution in [1.29, 1.82) is 0 Å². The number of hydrogen-bond acceptors (Lipinski definition) is 2. The molecule has 1 aliphatic carbocycles. The molecule has 104 valence electrons. The molecular weight excluding hydrogens is 224 g/mol. The summed E-state index contributed by atoms with van der Waals surface area (Å²) < 4.78 is 0. The number of carbonyl (C=O) groups excluding carboxylic acids is 1. The van der Waals surface area contributed by atoms with Crippen LogP contribution in [0, 0.1) is 11.8 Å². The lowest BCUT2D eigenvalue weighted by Gasteiger charge is -2.32. The largest absolute Gasteiger partial charge is 0.352 e. The van der Waals surface area contributed by atoms with Gasteiger partial charge in [0.15, 0.2) is 0 Å². The minimum atomic E-state index is 0.0415. The third-order valence-corrected chi connectivity index (χ3v) is 4.71. The topological polar surface area (TPSA) is 41.1 Å². The molecule has 2 N–H and O–H groups in total. The zero-order valence-corrected chi connectivity index (χ0v) is 11.9. The first-order valence-electron chi connectivity index (χ1n) is 7.70. The third kappa shape index (κ3) is 3.71. The Balaban J connectivity index is 1.78. The van der Waals surface area contributed by atoms with Crippen molar-refractivity contribution in [1.82, 2.24) is 10.6 Å². The predicted octanol–water partition coefficient (Wildman–Crippen LogP) is 2.46. The molecule has 2 rings (SSSR count). The van der Waals surface area contributed by atoms with Gasteiger partial charge in [-0.2, -0.15) is 0 Å². The number of nitrogens with one attached hydrogen (secondary N) is 2. The molecule has 1 saturated carbocycles. The van der Waals surface area contributed by atoms with Crippen molar-refractivity contribution < 1.29 is 4.79 Å². The van der Waals surface area contributed by atoms with Gasteiger partial charge in [-0.25, -0.2) is 0 Å². The Kier molecular flexibility index (Phi) is 5.04. The highest BCUT2D eigenvalue weighted by Crippen LogP contribution is 2.26. The molecule has 0 bridgehead atoms. The normalized spacial score (nSPS) is 31.9. The first kappa shape index (κ1) is 13.9. The van der Waals surface area contributed by atoms with Gasteiger partial charge in [-0.15, -0.1) is 0 Å². The maximum atomic E-state index is 12.2. The Hall–Kier alpha value is -0.570. The van der Waals surface area contributed by atoms with Gasteiger partial charge in [0, 0.05) is 6.04 Å². The number of piperidine rings is 1. The fraction of sp³-hybridized carbons (Fsp3) is 0.933. The van der Waals surface area contributed by atoms with E-state index in [1.807, 2.05) is 0 Å². The SMILES string of the molecule is CC1CCNC(C(=O)NC(C)C2CCCCC2)C1. The summed E-state index contributed by atoms with van der Waals surface area (Å²) >= 11 is 0. The summed E-state index contributed by atoms with van der Waals surface area (Å²) in [5.74, 6) is 1.59. The molecular formula is C15H28N2O. The van der Waals surface area contributed by atoms with Crippen LogP contribution < -0.4 is 10.6 Å². The average molecular weight is 252 g/mol. The van der Waals surface area contributed by atoms with E-state index in [0.29, 0.717) is 17.9 Å². The molecule has 18 heavy (non-hydrogen) atoms. The van der Waals surface area contributed by atoms with Crippen molar-refractivity contribution >= 4 is 5.91 Å². The highest BCUT2D eigenvalue weighted by molar-refractivity contribution is 5.82. The third-order valence-electron chi connectivity index (χ3n) is 4.71. The molecule has 1 aliphatic heterocycles. The van der Waals surface area contributed by atoms with Crippen molar-refractivity contribution in [2.45, 2.75) is 70.9 Å². The van der Waals surface area contributed by atoms with Gasteiger partial charge in [0.25, 0.3) is 0 Å². The van der Waals surface area contributed by atoms with Gasteiger partial charge in [0.05, 0.1) is 6.04 Å². The molecule has 3 unspecified atom stereocenters. The molecule has 0 aromatic rings. The van der Waals surface area contributed by atoms with Crippen LogP contribution in [-0.4, -0.2) is 24.5 Å². The van der Waals surface area contributed by atoms with Gasteiger partial charge in [-0.3, -0.25) is 4.79 Å². The van der Waals surface area contributed by atoms with Gasteiger partial charge in [-0.05, 0) is 51.0 Å². The summed E-state index contributed by atoms with van der Waals surface area (Å²) in [7, 11) is 0. The molecule has 3 atom stereocenters. The highest BCUT2D eigenvalue weighted by Gasteiger charge is 2.27. The van der Waals surface area contributed by atoms with Gasteiger partial charge in [-0.1, -0.05) is 26.2 Å². The zero-order chi connectivity index (χ0) is 13.0. The summed E-state index contributed by atoms with van der Waals surface area (Å²) in [4.78, 5) is 12.2. The first-order chi connectivity index (χ1) is 8.66. The van der Waals surface area contributed by atoms with E-state index in [1.54, 1.807) is 0 Å². The van der Waals surface area contributed by atoms with Crippen LogP contribution >= 0.6 is 0 Å². The minimum absolute atomic E-state index is 0.0415. The summed E-state index contributed by atoms with van der Waals surface area (Å²) in [6, 6.07) is 0.386. The van der Waals surface area contributed by atoms with E-state index in [0.717, 1.165) is 13.0 Å². The molecule has 1 heterocycles. The van der Waals surface area contributed by atoms with Gasteiger partial charge < -0.3 is 10.6 Å².